The van der Waals surface area contributed by atoms with E-state index >= 15 is 0 Å². The lowest BCUT2D eigenvalue weighted by Crippen LogP contribution is -2.45. The first-order chi connectivity index (χ1) is 8.92. The van der Waals surface area contributed by atoms with E-state index in [-0.39, 0.29) is 23.3 Å². The third-order valence-corrected chi connectivity index (χ3v) is 4.45. The molecule has 2 N–H and O–H groups in total. The van der Waals surface area contributed by atoms with Gasteiger partial charge < -0.3 is 5.73 Å². The van der Waals surface area contributed by atoms with Crippen molar-refractivity contribution >= 4 is 17.5 Å². The first-order valence-electron chi connectivity index (χ1n) is 6.69. The van der Waals surface area contributed by atoms with Crippen LogP contribution in [0.3, 0.4) is 0 Å². The van der Waals surface area contributed by atoms with Crippen LogP contribution < -0.4 is 5.73 Å². The largest absolute Gasteiger partial charge is 0.399 e. The summed E-state index contributed by atoms with van der Waals surface area (Å²) in [6.45, 7) is 4.26. The molecule has 0 aromatic heterocycles. The standard InChI is InChI=1S/C15H18N2O2/c1-15(2)7-3-4-12(15)17-13(18)10-6-5-9(16)8-11(10)14(17)19/h5-6,8,12H,3-4,7,16H2,1-2H3. The second-order valence-electron chi connectivity index (χ2n) is 6.18. The number of hydrogen-bond acceptors (Lipinski definition) is 3. The molecule has 3 rings (SSSR count). The molecule has 4 heteroatoms. The maximum atomic E-state index is 12.5. The molecule has 1 atom stereocenters. The third-order valence-electron chi connectivity index (χ3n) is 4.45. The maximum absolute atomic E-state index is 12.5. The van der Waals surface area contributed by atoms with Crippen LogP contribution in [0.1, 0.15) is 53.8 Å². The van der Waals surface area contributed by atoms with Gasteiger partial charge in [0, 0.05) is 11.7 Å². The fourth-order valence-corrected chi connectivity index (χ4v) is 3.35. The Morgan fingerprint density at radius 2 is 1.89 bits per heavy atom. The molecule has 1 aliphatic carbocycles. The van der Waals surface area contributed by atoms with Gasteiger partial charge in [-0.2, -0.15) is 0 Å². The van der Waals surface area contributed by atoms with Crippen LogP contribution in [0.4, 0.5) is 5.69 Å². The van der Waals surface area contributed by atoms with E-state index in [2.05, 4.69) is 13.8 Å². The first kappa shape index (κ1) is 12.2. The molecular formula is C15H18N2O2. The SMILES string of the molecule is CC1(C)CCCC1N1C(=O)c2ccc(N)cc2C1=O. The molecule has 4 nitrogen and oxygen atoms in total. The van der Waals surface area contributed by atoms with E-state index < -0.39 is 0 Å². The van der Waals surface area contributed by atoms with Gasteiger partial charge in [0.15, 0.2) is 0 Å². The van der Waals surface area contributed by atoms with Crippen molar-refractivity contribution in [2.75, 3.05) is 5.73 Å². The number of nitrogens with zero attached hydrogens (tertiary/aromatic N) is 1. The molecular weight excluding hydrogens is 240 g/mol. The average molecular weight is 258 g/mol. The molecule has 100 valence electrons. The topological polar surface area (TPSA) is 63.4 Å². The van der Waals surface area contributed by atoms with E-state index in [1.807, 2.05) is 0 Å². The molecule has 1 aliphatic heterocycles. The fourth-order valence-electron chi connectivity index (χ4n) is 3.35. The zero-order valence-electron chi connectivity index (χ0n) is 11.3. The monoisotopic (exact) mass is 258 g/mol. The van der Waals surface area contributed by atoms with Crippen LogP contribution in [0.15, 0.2) is 18.2 Å². The summed E-state index contributed by atoms with van der Waals surface area (Å²) in [6, 6.07) is 4.94. The molecule has 19 heavy (non-hydrogen) atoms. The van der Waals surface area contributed by atoms with Gasteiger partial charge in [-0.25, -0.2) is 0 Å². The van der Waals surface area contributed by atoms with Crippen LogP contribution in [-0.4, -0.2) is 22.8 Å². The Hall–Kier alpha value is -1.84. The van der Waals surface area contributed by atoms with Crippen molar-refractivity contribution in [2.45, 2.75) is 39.2 Å². The van der Waals surface area contributed by atoms with Crippen LogP contribution in [0.25, 0.3) is 0 Å². The number of benzene rings is 1. The summed E-state index contributed by atoms with van der Waals surface area (Å²) in [7, 11) is 0. The Bertz CT molecular complexity index is 578. The molecule has 2 amide bonds. The first-order valence-corrected chi connectivity index (χ1v) is 6.69. The maximum Gasteiger partial charge on any atom is 0.261 e. The van der Waals surface area contributed by atoms with Crippen molar-refractivity contribution in [1.82, 2.24) is 4.90 Å². The number of carbonyl (C=O) groups excluding carboxylic acids is 2. The minimum atomic E-state index is -0.188. The van der Waals surface area contributed by atoms with Crippen molar-refractivity contribution in [3.05, 3.63) is 29.3 Å². The number of amides is 2. The van der Waals surface area contributed by atoms with E-state index in [9.17, 15) is 9.59 Å². The van der Waals surface area contributed by atoms with Crippen LogP contribution in [0.5, 0.6) is 0 Å². The molecule has 1 unspecified atom stereocenters. The second kappa shape index (κ2) is 3.83. The Morgan fingerprint density at radius 1 is 1.21 bits per heavy atom. The van der Waals surface area contributed by atoms with E-state index in [0.29, 0.717) is 16.8 Å². The summed E-state index contributed by atoms with van der Waals surface area (Å²) in [5.41, 5.74) is 7.17. The highest BCUT2D eigenvalue weighted by Crippen LogP contribution is 2.43. The lowest BCUT2D eigenvalue weighted by atomic mass is 9.86. The molecule has 1 aromatic carbocycles. The van der Waals surface area contributed by atoms with Gasteiger partial charge in [0.2, 0.25) is 0 Å². The predicted octanol–water partition coefficient (Wildman–Crippen LogP) is 2.44. The second-order valence-corrected chi connectivity index (χ2v) is 6.18. The molecule has 1 saturated carbocycles. The molecule has 0 saturated heterocycles. The quantitative estimate of drug-likeness (QED) is 0.621. The Balaban J connectivity index is 2.03. The minimum Gasteiger partial charge on any atom is -0.399 e. The lowest BCUT2D eigenvalue weighted by molar-refractivity contribution is 0.0484. The minimum absolute atomic E-state index is 0.00104. The van der Waals surface area contributed by atoms with Gasteiger partial charge >= 0.3 is 0 Å². The number of fused-ring (bicyclic) bond motifs is 1. The Labute approximate surface area is 112 Å². The highest BCUT2D eigenvalue weighted by molar-refractivity contribution is 6.22. The van der Waals surface area contributed by atoms with Gasteiger partial charge in [-0.3, -0.25) is 14.5 Å². The molecule has 0 radical (unpaired) electrons. The zero-order valence-corrected chi connectivity index (χ0v) is 11.3. The van der Waals surface area contributed by atoms with Gasteiger partial charge in [0.1, 0.15) is 0 Å². The van der Waals surface area contributed by atoms with Gasteiger partial charge in [-0.15, -0.1) is 0 Å². The van der Waals surface area contributed by atoms with Crippen molar-refractivity contribution in [3.8, 4) is 0 Å². The van der Waals surface area contributed by atoms with Crippen LogP contribution in [0, 0.1) is 5.41 Å². The van der Waals surface area contributed by atoms with Crippen molar-refractivity contribution < 1.29 is 9.59 Å². The van der Waals surface area contributed by atoms with Crippen molar-refractivity contribution in [1.29, 1.82) is 0 Å². The normalized spacial score (nSPS) is 24.9. The summed E-state index contributed by atoms with van der Waals surface area (Å²) in [5.74, 6) is -0.354. The summed E-state index contributed by atoms with van der Waals surface area (Å²) in [5, 5.41) is 0. The van der Waals surface area contributed by atoms with E-state index in [1.165, 1.54) is 4.90 Å². The number of anilines is 1. The van der Waals surface area contributed by atoms with Crippen LogP contribution in [0.2, 0.25) is 0 Å². The highest BCUT2D eigenvalue weighted by Gasteiger charge is 2.47. The summed E-state index contributed by atoms with van der Waals surface area (Å²) in [4.78, 5) is 26.4. The summed E-state index contributed by atoms with van der Waals surface area (Å²) < 4.78 is 0. The van der Waals surface area contributed by atoms with Gasteiger partial charge in [-0.1, -0.05) is 20.3 Å². The molecule has 0 bridgehead atoms. The zero-order chi connectivity index (χ0) is 13.8. The molecule has 1 aromatic rings. The number of nitrogens with two attached hydrogens (primary N) is 1. The highest BCUT2D eigenvalue weighted by atomic mass is 16.2. The van der Waals surface area contributed by atoms with E-state index in [0.717, 1.165) is 19.3 Å². The molecule has 1 fully saturated rings. The van der Waals surface area contributed by atoms with Gasteiger partial charge in [0.25, 0.3) is 11.8 Å². The Morgan fingerprint density at radius 3 is 2.53 bits per heavy atom. The number of rotatable bonds is 1. The Kier molecular flexibility index (Phi) is 2.46. The number of hydrogen-bond donors (Lipinski definition) is 1. The lowest BCUT2D eigenvalue weighted by Gasteiger charge is -2.33. The van der Waals surface area contributed by atoms with Gasteiger partial charge in [-0.05, 0) is 36.5 Å². The van der Waals surface area contributed by atoms with Crippen molar-refractivity contribution in [2.24, 2.45) is 5.41 Å². The molecule has 1 heterocycles. The average Bonchev–Trinajstić information content (AvgIpc) is 2.79. The van der Waals surface area contributed by atoms with E-state index in [4.69, 9.17) is 5.73 Å². The van der Waals surface area contributed by atoms with Crippen molar-refractivity contribution in [3.63, 3.8) is 0 Å². The van der Waals surface area contributed by atoms with Crippen LogP contribution in [-0.2, 0) is 0 Å². The fraction of sp³-hybridized carbons (Fsp3) is 0.467. The van der Waals surface area contributed by atoms with Crippen LogP contribution >= 0.6 is 0 Å². The summed E-state index contributed by atoms with van der Waals surface area (Å²) >= 11 is 0. The third kappa shape index (κ3) is 1.66. The number of imide groups is 1. The summed E-state index contributed by atoms with van der Waals surface area (Å²) in [6.07, 6.45) is 3.01. The smallest absolute Gasteiger partial charge is 0.261 e. The number of carbonyl (C=O) groups is 2. The molecule has 2 aliphatic rings. The van der Waals surface area contributed by atoms with Gasteiger partial charge in [0.05, 0.1) is 11.1 Å². The molecule has 0 spiro atoms. The number of nitrogen functional groups attached to an aromatic ring is 1. The van der Waals surface area contributed by atoms with E-state index in [1.54, 1.807) is 18.2 Å². The predicted molar refractivity (Wildman–Crippen MR) is 72.8 cm³/mol.